The van der Waals surface area contributed by atoms with Crippen molar-refractivity contribution in [3.05, 3.63) is 34.4 Å². The van der Waals surface area contributed by atoms with E-state index in [-0.39, 0.29) is 5.92 Å². The average Bonchev–Trinajstić information content (AvgIpc) is 2.64. The number of hydrogen-bond acceptors (Lipinski definition) is 1. The molecule has 0 N–H and O–H groups in total. The highest BCUT2D eigenvalue weighted by atomic mass is 16.1. The first-order chi connectivity index (χ1) is 8.24. The fourth-order valence-corrected chi connectivity index (χ4v) is 4.19. The van der Waals surface area contributed by atoms with Gasteiger partial charge in [-0.1, -0.05) is 13.0 Å². The van der Waals surface area contributed by atoms with Gasteiger partial charge in [0, 0.05) is 11.5 Å². The fraction of sp³-hybridized carbons (Fsp3) is 0.562. The van der Waals surface area contributed by atoms with Gasteiger partial charge >= 0.3 is 0 Å². The van der Waals surface area contributed by atoms with Gasteiger partial charge in [0.1, 0.15) is 0 Å². The molecular formula is C16H18O. The first-order valence-corrected chi connectivity index (χ1v) is 6.95. The molecule has 0 aromatic heterocycles. The van der Waals surface area contributed by atoms with Gasteiger partial charge in [-0.2, -0.15) is 0 Å². The largest absolute Gasteiger partial charge is 0.294 e. The molecule has 0 saturated heterocycles. The van der Waals surface area contributed by atoms with E-state index in [9.17, 15) is 4.79 Å². The van der Waals surface area contributed by atoms with E-state index in [1.165, 1.54) is 36.8 Å². The summed E-state index contributed by atoms with van der Waals surface area (Å²) in [5.74, 6) is 2.14. The van der Waals surface area contributed by atoms with Crippen molar-refractivity contribution < 1.29 is 4.79 Å². The Labute approximate surface area is 102 Å². The Morgan fingerprint density at radius 2 is 1.59 bits per heavy atom. The van der Waals surface area contributed by atoms with Crippen LogP contribution in [0.25, 0.3) is 0 Å². The third kappa shape index (κ3) is 1.23. The van der Waals surface area contributed by atoms with Crippen molar-refractivity contribution in [2.24, 2.45) is 5.92 Å². The maximum Gasteiger partial charge on any atom is 0.166 e. The number of carbonyl (C=O) groups excluding carboxylic acids is 1. The minimum absolute atomic E-state index is 0.214. The first kappa shape index (κ1) is 9.87. The highest BCUT2D eigenvalue weighted by molar-refractivity contribution is 6.02. The molecule has 1 unspecified atom stereocenters. The Bertz CT molecular complexity index is 507. The van der Waals surface area contributed by atoms with Crippen molar-refractivity contribution in [3.63, 3.8) is 0 Å². The van der Waals surface area contributed by atoms with Crippen LogP contribution in [0.2, 0.25) is 0 Å². The highest BCUT2D eigenvalue weighted by Crippen LogP contribution is 2.50. The number of rotatable bonds is 0. The zero-order chi connectivity index (χ0) is 11.6. The molecule has 5 rings (SSSR count). The molecule has 1 fully saturated rings. The van der Waals surface area contributed by atoms with E-state index in [1.54, 1.807) is 5.56 Å². The molecule has 1 nitrogen and oxygen atoms in total. The van der Waals surface area contributed by atoms with E-state index >= 15 is 0 Å². The summed E-state index contributed by atoms with van der Waals surface area (Å²) in [6.07, 6.45) is 6.42. The van der Waals surface area contributed by atoms with Crippen LogP contribution in [0.15, 0.2) is 12.1 Å². The molecule has 1 heteroatoms. The summed E-state index contributed by atoms with van der Waals surface area (Å²) in [6.45, 7) is 2.07. The van der Waals surface area contributed by atoms with Crippen molar-refractivity contribution >= 4 is 5.78 Å². The molecule has 1 atom stereocenters. The number of hydrogen-bond donors (Lipinski definition) is 0. The predicted octanol–water partition coefficient (Wildman–Crippen LogP) is 3.82. The lowest BCUT2D eigenvalue weighted by molar-refractivity contribution is 0.0946. The minimum atomic E-state index is 0.214. The van der Waals surface area contributed by atoms with Crippen molar-refractivity contribution in [1.82, 2.24) is 0 Å². The molecule has 0 radical (unpaired) electrons. The van der Waals surface area contributed by atoms with Gasteiger partial charge in [0.25, 0.3) is 0 Å². The molecular weight excluding hydrogens is 208 g/mol. The fourth-order valence-electron chi connectivity index (χ4n) is 4.19. The lowest BCUT2D eigenvalue weighted by atomic mass is 9.66. The van der Waals surface area contributed by atoms with Crippen molar-refractivity contribution in [2.45, 2.75) is 50.9 Å². The van der Waals surface area contributed by atoms with Gasteiger partial charge in [-0.25, -0.2) is 0 Å². The highest BCUT2D eigenvalue weighted by Gasteiger charge is 2.36. The van der Waals surface area contributed by atoms with Gasteiger partial charge in [0.2, 0.25) is 0 Å². The second-order valence-corrected chi connectivity index (χ2v) is 6.16. The molecule has 4 aliphatic rings. The van der Waals surface area contributed by atoms with E-state index < -0.39 is 0 Å². The van der Waals surface area contributed by atoms with Crippen LogP contribution in [0.3, 0.4) is 0 Å². The summed E-state index contributed by atoms with van der Waals surface area (Å²) < 4.78 is 0. The first-order valence-electron chi connectivity index (χ1n) is 6.95. The van der Waals surface area contributed by atoms with E-state index in [0.717, 1.165) is 23.8 Å². The molecule has 17 heavy (non-hydrogen) atoms. The molecule has 0 spiro atoms. The van der Waals surface area contributed by atoms with Crippen molar-refractivity contribution in [2.75, 3.05) is 0 Å². The Balaban J connectivity index is 1.92. The van der Waals surface area contributed by atoms with Gasteiger partial charge in [-0.05, 0) is 66.7 Å². The van der Waals surface area contributed by atoms with Crippen LogP contribution in [0, 0.1) is 5.92 Å². The SMILES string of the molecule is CC1Cc2cc3c(cc2C1=O)C1CCC3CC1. The zero-order valence-corrected chi connectivity index (χ0v) is 10.3. The normalized spacial score (nSPS) is 33.7. The summed E-state index contributed by atoms with van der Waals surface area (Å²) >= 11 is 0. The molecule has 0 aliphatic heterocycles. The van der Waals surface area contributed by atoms with E-state index in [2.05, 4.69) is 19.1 Å². The summed E-state index contributed by atoms with van der Waals surface area (Å²) in [5, 5.41) is 0. The second kappa shape index (κ2) is 3.22. The van der Waals surface area contributed by atoms with Crippen LogP contribution in [-0.2, 0) is 6.42 Å². The third-order valence-electron chi connectivity index (χ3n) is 5.15. The molecule has 2 bridgehead atoms. The molecule has 1 aromatic carbocycles. The number of fused-ring (bicyclic) bond motifs is 3. The van der Waals surface area contributed by atoms with Gasteiger partial charge < -0.3 is 0 Å². The Kier molecular flexibility index (Phi) is 1.87. The molecule has 88 valence electrons. The lowest BCUT2D eigenvalue weighted by Gasteiger charge is -2.38. The van der Waals surface area contributed by atoms with Gasteiger partial charge in [0.15, 0.2) is 5.78 Å². The molecule has 1 aromatic rings. The van der Waals surface area contributed by atoms with E-state index in [0.29, 0.717) is 5.78 Å². The van der Waals surface area contributed by atoms with Gasteiger partial charge in [0.05, 0.1) is 0 Å². The smallest absolute Gasteiger partial charge is 0.166 e. The Hall–Kier alpha value is -1.11. The topological polar surface area (TPSA) is 17.1 Å². The molecule has 0 amide bonds. The van der Waals surface area contributed by atoms with E-state index in [4.69, 9.17) is 0 Å². The quantitative estimate of drug-likeness (QED) is 0.657. The van der Waals surface area contributed by atoms with Crippen LogP contribution in [-0.4, -0.2) is 5.78 Å². The van der Waals surface area contributed by atoms with Crippen molar-refractivity contribution in [1.29, 1.82) is 0 Å². The van der Waals surface area contributed by atoms with Gasteiger partial charge in [-0.3, -0.25) is 4.79 Å². The molecule has 4 aliphatic carbocycles. The summed E-state index contributed by atoms with van der Waals surface area (Å²) in [4.78, 5) is 12.1. The zero-order valence-electron chi connectivity index (χ0n) is 10.3. The molecule has 0 heterocycles. The standard InChI is InChI=1S/C16H18O/c1-9-6-12-7-13-10-2-4-11(5-3-10)14(13)8-15(12)16(9)17/h7-11H,2-6H2,1H3. The predicted molar refractivity (Wildman–Crippen MR) is 67.6 cm³/mol. The minimum Gasteiger partial charge on any atom is -0.294 e. The Morgan fingerprint density at radius 3 is 2.24 bits per heavy atom. The number of Topliss-reactive ketones (excluding diaryl/α,β-unsaturated/α-hetero) is 1. The summed E-state index contributed by atoms with van der Waals surface area (Å²) in [6, 6.07) is 4.63. The number of benzene rings is 1. The lowest BCUT2D eigenvalue weighted by Crippen LogP contribution is -2.22. The number of ketones is 1. The summed E-state index contributed by atoms with van der Waals surface area (Å²) in [7, 11) is 0. The maximum absolute atomic E-state index is 12.1. The third-order valence-corrected chi connectivity index (χ3v) is 5.15. The number of carbonyl (C=O) groups is 1. The van der Waals surface area contributed by atoms with Gasteiger partial charge in [-0.15, -0.1) is 0 Å². The monoisotopic (exact) mass is 226 g/mol. The van der Waals surface area contributed by atoms with Crippen LogP contribution < -0.4 is 0 Å². The second-order valence-electron chi connectivity index (χ2n) is 6.16. The molecule has 1 saturated carbocycles. The Morgan fingerprint density at radius 1 is 1.00 bits per heavy atom. The average molecular weight is 226 g/mol. The van der Waals surface area contributed by atoms with E-state index in [1.807, 2.05) is 0 Å². The maximum atomic E-state index is 12.1. The van der Waals surface area contributed by atoms with Crippen LogP contribution in [0.4, 0.5) is 0 Å². The van der Waals surface area contributed by atoms with Crippen LogP contribution in [0.5, 0.6) is 0 Å². The van der Waals surface area contributed by atoms with Crippen molar-refractivity contribution in [3.8, 4) is 0 Å². The van der Waals surface area contributed by atoms with Crippen LogP contribution >= 0.6 is 0 Å². The summed E-state index contributed by atoms with van der Waals surface area (Å²) in [5.41, 5.74) is 5.49. The van der Waals surface area contributed by atoms with Crippen LogP contribution in [0.1, 0.15) is 71.5 Å².